The predicted molar refractivity (Wildman–Crippen MR) is 81.7 cm³/mol. The lowest BCUT2D eigenvalue weighted by atomic mass is 10.2. The maximum absolute atomic E-state index is 5.93. The molecule has 1 heterocycles. The van der Waals surface area contributed by atoms with Crippen LogP contribution in [0.4, 0.5) is 0 Å². The van der Waals surface area contributed by atoms with Crippen LogP contribution >= 0.6 is 23.4 Å². The van der Waals surface area contributed by atoms with Crippen molar-refractivity contribution < 1.29 is 0 Å². The molecule has 0 saturated heterocycles. The van der Waals surface area contributed by atoms with Crippen LogP contribution in [0.15, 0.2) is 29.4 Å². The summed E-state index contributed by atoms with van der Waals surface area (Å²) in [6.45, 7) is 7.45. The van der Waals surface area contributed by atoms with Crippen molar-refractivity contribution in [3.63, 3.8) is 0 Å². The third-order valence-corrected chi connectivity index (χ3v) is 3.74. The number of benzene rings is 1. The molecule has 0 aliphatic heterocycles. The molecule has 0 unspecified atom stereocenters. The highest BCUT2D eigenvalue weighted by Gasteiger charge is 2.14. The fourth-order valence-corrected chi connectivity index (χ4v) is 2.67. The molecule has 19 heavy (non-hydrogen) atoms. The highest BCUT2D eigenvalue weighted by Crippen LogP contribution is 2.25. The Kier molecular flexibility index (Phi) is 4.88. The Hall–Kier alpha value is -1.00. The fourth-order valence-electron chi connectivity index (χ4n) is 1.87. The number of hydrogen-bond donors (Lipinski definition) is 0. The predicted octanol–water partition coefficient (Wildman–Crippen LogP) is 4.37. The van der Waals surface area contributed by atoms with Crippen LogP contribution in [0.3, 0.4) is 0 Å². The van der Waals surface area contributed by atoms with Crippen molar-refractivity contribution in [2.75, 3.05) is 5.75 Å². The van der Waals surface area contributed by atoms with E-state index in [9.17, 15) is 0 Å². The number of thioether (sulfide) groups is 1. The quantitative estimate of drug-likeness (QED) is 0.768. The first-order chi connectivity index (χ1) is 9.11. The SMILES string of the molecule is CCSc1nnc(-c2ccc(Cl)cc2)n1CC(C)C. The zero-order valence-corrected chi connectivity index (χ0v) is 13.0. The van der Waals surface area contributed by atoms with E-state index in [-0.39, 0.29) is 0 Å². The summed E-state index contributed by atoms with van der Waals surface area (Å²) in [5, 5.41) is 10.4. The molecule has 0 bridgehead atoms. The Morgan fingerprint density at radius 1 is 1.21 bits per heavy atom. The Morgan fingerprint density at radius 2 is 1.89 bits per heavy atom. The van der Waals surface area contributed by atoms with Crippen molar-refractivity contribution in [3.8, 4) is 11.4 Å². The van der Waals surface area contributed by atoms with Gasteiger partial charge in [-0.25, -0.2) is 0 Å². The van der Waals surface area contributed by atoms with Crippen LogP contribution in [0.5, 0.6) is 0 Å². The van der Waals surface area contributed by atoms with Gasteiger partial charge in [0.25, 0.3) is 0 Å². The van der Waals surface area contributed by atoms with Gasteiger partial charge in [0.2, 0.25) is 0 Å². The van der Waals surface area contributed by atoms with Gasteiger partial charge < -0.3 is 4.57 Å². The van der Waals surface area contributed by atoms with Gasteiger partial charge >= 0.3 is 0 Å². The highest BCUT2D eigenvalue weighted by molar-refractivity contribution is 7.99. The van der Waals surface area contributed by atoms with Crippen LogP contribution in [0, 0.1) is 5.92 Å². The normalized spacial score (nSPS) is 11.2. The number of rotatable bonds is 5. The Bertz CT molecular complexity index is 534. The summed E-state index contributed by atoms with van der Waals surface area (Å²) in [4.78, 5) is 0. The molecular weight excluding hydrogens is 278 g/mol. The molecule has 0 spiro atoms. The minimum absolute atomic E-state index is 0.554. The van der Waals surface area contributed by atoms with Crippen LogP contribution < -0.4 is 0 Å². The van der Waals surface area contributed by atoms with E-state index in [1.807, 2.05) is 24.3 Å². The molecule has 1 aromatic carbocycles. The number of aromatic nitrogens is 3. The van der Waals surface area contributed by atoms with E-state index in [2.05, 4.69) is 35.5 Å². The molecule has 2 aromatic rings. The molecule has 2 rings (SSSR count). The van der Waals surface area contributed by atoms with E-state index in [4.69, 9.17) is 11.6 Å². The summed E-state index contributed by atoms with van der Waals surface area (Å²) in [6, 6.07) is 7.75. The lowest BCUT2D eigenvalue weighted by molar-refractivity contribution is 0.498. The molecular formula is C14H18ClN3S. The van der Waals surface area contributed by atoms with Gasteiger partial charge in [0.1, 0.15) is 0 Å². The molecule has 0 radical (unpaired) electrons. The van der Waals surface area contributed by atoms with Crippen molar-refractivity contribution in [2.24, 2.45) is 5.92 Å². The zero-order chi connectivity index (χ0) is 13.8. The monoisotopic (exact) mass is 295 g/mol. The van der Waals surface area contributed by atoms with Gasteiger partial charge in [0.15, 0.2) is 11.0 Å². The van der Waals surface area contributed by atoms with E-state index >= 15 is 0 Å². The van der Waals surface area contributed by atoms with Crippen LogP contribution in [-0.4, -0.2) is 20.5 Å². The third-order valence-electron chi connectivity index (χ3n) is 2.64. The Labute approximate surface area is 123 Å². The van der Waals surface area contributed by atoms with Crippen LogP contribution in [0.1, 0.15) is 20.8 Å². The lowest BCUT2D eigenvalue weighted by Gasteiger charge is -2.12. The molecule has 0 amide bonds. The Morgan fingerprint density at radius 3 is 2.47 bits per heavy atom. The molecule has 0 N–H and O–H groups in total. The molecule has 0 saturated carbocycles. The van der Waals surface area contributed by atoms with Gasteiger partial charge in [-0.1, -0.05) is 44.1 Å². The van der Waals surface area contributed by atoms with Crippen LogP contribution in [0.2, 0.25) is 5.02 Å². The molecule has 102 valence electrons. The third kappa shape index (κ3) is 3.51. The molecule has 1 aromatic heterocycles. The highest BCUT2D eigenvalue weighted by atomic mass is 35.5. The molecule has 0 fully saturated rings. The first-order valence-corrected chi connectivity index (χ1v) is 7.80. The van der Waals surface area contributed by atoms with Crippen molar-refractivity contribution in [3.05, 3.63) is 29.3 Å². The summed E-state index contributed by atoms with van der Waals surface area (Å²) in [5.41, 5.74) is 1.06. The maximum Gasteiger partial charge on any atom is 0.191 e. The van der Waals surface area contributed by atoms with Crippen LogP contribution in [-0.2, 0) is 6.54 Å². The average molecular weight is 296 g/mol. The topological polar surface area (TPSA) is 30.7 Å². The van der Waals surface area contributed by atoms with Crippen molar-refractivity contribution >= 4 is 23.4 Å². The molecule has 5 heteroatoms. The summed E-state index contributed by atoms with van der Waals surface area (Å²) in [5.74, 6) is 2.47. The number of nitrogens with zero attached hydrogens (tertiary/aromatic N) is 3. The first-order valence-electron chi connectivity index (χ1n) is 6.43. The largest absolute Gasteiger partial charge is 0.302 e. The number of halogens is 1. The fraction of sp³-hybridized carbons (Fsp3) is 0.429. The van der Waals surface area contributed by atoms with Gasteiger partial charge in [-0.05, 0) is 35.9 Å². The summed E-state index contributed by atoms with van der Waals surface area (Å²) in [7, 11) is 0. The van der Waals surface area contributed by atoms with E-state index in [0.717, 1.165) is 33.9 Å². The first kappa shape index (κ1) is 14.4. The minimum Gasteiger partial charge on any atom is -0.302 e. The minimum atomic E-state index is 0.554. The summed E-state index contributed by atoms with van der Waals surface area (Å²) < 4.78 is 2.20. The second-order valence-corrected chi connectivity index (χ2v) is 6.42. The van der Waals surface area contributed by atoms with Gasteiger partial charge in [-0.15, -0.1) is 10.2 Å². The van der Waals surface area contributed by atoms with Gasteiger partial charge in [0.05, 0.1) is 0 Å². The van der Waals surface area contributed by atoms with Gasteiger partial charge in [-0.3, -0.25) is 0 Å². The average Bonchev–Trinajstić information content (AvgIpc) is 2.73. The zero-order valence-electron chi connectivity index (χ0n) is 11.4. The van der Waals surface area contributed by atoms with E-state index in [1.54, 1.807) is 11.8 Å². The molecule has 0 aliphatic rings. The van der Waals surface area contributed by atoms with Crippen molar-refractivity contribution in [2.45, 2.75) is 32.5 Å². The smallest absolute Gasteiger partial charge is 0.191 e. The van der Waals surface area contributed by atoms with E-state index in [1.165, 1.54) is 0 Å². The van der Waals surface area contributed by atoms with Gasteiger partial charge in [0, 0.05) is 17.1 Å². The summed E-state index contributed by atoms with van der Waals surface area (Å²) >= 11 is 7.66. The van der Waals surface area contributed by atoms with E-state index < -0.39 is 0 Å². The molecule has 0 atom stereocenters. The van der Waals surface area contributed by atoms with Crippen molar-refractivity contribution in [1.82, 2.24) is 14.8 Å². The Balaban J connectivity index is 2.41. The van der Waals surface area contributed by atoms with Gasteiger partial charge in [-0.2, -0.15) is 0 Å². The lowest BCUT2D eigenvalue weighted by Crippen LogP contribution is -2.07. The second kappa shape index (κ2) is 6.44. The van der Waals surface area contributed by atoms with E-state index in [0.29, 0.717) is 5.92 Å². The molecule has 0 aliphatic carbocycles. The number of hydrogen-bond acceptors (Lipinski definition) is 3. The van der Waals surface area contributed by atoms with Crippen molar-refractivity contribution in [1.29, 1.82) is 0 Å². The van der Waals surface area contributed by atoms with Crippen LogP contribution in [0.25, 0.3) is 11.4 Å². The maximum atomic E-state index is 5.93. The molecule has 3 nitrogen and oxygen atoms in total. The summed E-state index contributed by atoms with van der Waals surface area (Å²) in [6.07, 6.45) is 0. The second-order valence-electron chi connectivity index (χ2n) is 4.75. The standard InChI is InChI=1S/C14H18ClN3S/c1-4-19-14-17-16-13(18(14)9-10(2)3)11-5-7-12(15)8-6-11/h5-8,10H,4,9H2,1-3H3.